The summed E-state index contributed by atoms with van der Waals surface area (Å²) in [5.74, 6) is 0. The first-order chi connectivity index (χ1) is 6.69. The molecular weight excluding hydrogens is 216 g/mol. The Labute approximate surface area is 92.9 Å². The lowest BCUT2D eigenvalue weighted by atomic mass is 10.1. The van der Waals surface area contributed by atoms with E-state index < -0.39 is 0 Å². The maximum atomic E-state index is 8.89. The van der Waals surface area contributed by atoms with Gasteiger partial charge in [0.2, 0.25) is 0 Å². The van der Waals surface area contributed by atoms with E-state index in [9.17, 15) is 0 Å². The molecule has 14 heavy (non-hydrogen) atoms. The number of aryl methyl sites for hydroxylation is 1. The summed E-state index contributed by atoms with van der Waals surface area (Å²) in [6.45, 7) is 3.95. The van der Waals surface area contributed by atoms with Gasteiger partial charge in [0.15, 0.2) is 0 Å². The molecule has 0 aromatic carbocycles. The highest BCUT2D eigenvalue weighted by atomic mass is 35.5. The van der Waals surface area contributed by atoms with E-state index in [4.69, 9.17) is 16.9 Å². The first-order valence-electron chi connectivity index (χ1n) is 4.40. The van der Waals surface area contributed by atoms with Gasteiger partial charge in [-0.1, -0.05) is 24.9 Å². The summed E-state index contributed by atoms with van der Waals surface area (Å²) in [5, 5.41) is 10.4. The second-order valence-electron chi connectivity index (χ2n) is 2.90. The van der Waals surface area contributed by atoms with Crippen LogP contribution in [-0.2, 0) is 0 Å². The minimum absolute atomic E-state index is 0.556. The van der Waals surface area contributed by atoms with Gasteiger partial charge in [-0.2, -0.15) is 5.26 Å². The van der Waals surface area contributed by atoms with Gasteiger partial charge < -0.3 is 0 Å². The Hall–Kier alpha value is -0.850. The predicted molar refractivity (Wildman–Crippen MR) is 60.1 cm³/mol. The summed E-state index contributed by atoms with van der Waals surface area (Å²) in [4.78, 5) is 4.99. The minimum Gasteiger partial charge on any atom is -0.249 e. The van der Waals surface area contributed by atoms with Gasteiger partial charge in [-0.25, -0.2) is 4.98 Å². The van der Waals surface area contributed by atoms with E-state index in [1.165, 1.54) is 11.3 Å². The molecule has 0 saturated carbocycles. The summed E-state index contributed by atoms with van der Waals surface area (Å²) in [5.41, 5.74) is 0.651. The Kier molecular flexibility index (Phi) is 4.12. The van der Waals surface area contributed by atoms with Gasteiger partial charge >= 0.3 is 0 Å². The molecule has 2 nitrogen and oxygen atoms in total. The molecule has 0 radical (unpaired) electrons. The van der Waals surface area contributed by atoms with Crippen molar-refractivity contribution >= 4 is 28.0 Å². The molecule has 0 aliphatic carbocycles. The van der Waals surface area contributed by atoms with Crippen molar-refractivity contribution in [2.45, 2.75) is 26.7 Å². The van der Waals surface area contributed by atoms with E-state index in [2.05, 4.69) is 11.1 Å². The smallest absolute Gasteiger partial charge is 0.0963 e. The van der Waals surface area contributed by atoms with Crippen molar-refractivity contribution in [3.05, 3.63) is 21.7 Å². The van der Waals surface area contributed by atoms with Crippen molar-refractivity contribution in [1.29, 1.82) is 5.26 Å². The number of hydrogen-bond donors (Lipinski definition) is 0. The third-order valence-corrected chi connectivity index (χ3v) is 3.21. The lowest BCUT2D eigenvalue weighted by Gasteiger charge is -1.98. The monoisotopic (exact) mass is 226 g/mol. The van der Waals surface area contributed by atoms with Crippen LogP contribution in [-0.4, -0.2) is 4.98 Å². The van der Waals surface area contributed by atoms with Crippen molar-refractivity contribution < 1.29 is 0 Å². The third kappa shape index (κ3) is 2.57. The van der Waals surface area contributed by atoms with Gasteiger partial charge in [0.05, 0.1) is 21.0 Å². The van der Waals surface area contributed by atoms with Gasteiger partial charge in [0, 0.05) is 11.8 Å². The Balaban J connectivity index is 3.02. The number of aromatic nitrogens is 1. The topological polar surface area (TPSA) is 36.7 Å². The highest BCUT2D eigenvalue weighted by Gasteiger charge is 2.08. The number of rotatable bonds is 3. The van der Waals surface area contributed by atoms with E-state index in [0.717, 1.165) is 22.7 Å². The predicted octanol–water partition coefficient (Wildman–Crippen LogP) is 3.73. The van der Waals surface area contributed by atoms with Gasteiger partial charge in [0.25, 0.3) is 0 Å². The van der Waals surface area contributed by atoms with Crippen molar-refractivity contribution in [2.24, 2.45) is 0 Å². The Morgan fingerprint density at radius 2 is 2.43 bits per heavy atom. The van der Waals surface area contributed by atoms with Crippen LogP contribution in [0.1, 0.15) is 29.7 Å². The molecule has 1 rings (SSSR count). The molecule has 0 aliphatic rings. The maximum absolute atomic E-state index is 8.89. The molecule has 0 N–H and O–H groups in total. The first kappa shape index (κ1) is 11.2. The summed E-state index contributed by atoms with van der Waals surface area (Å²) < 4.78 is 0. The molecule has 0 amide bonds. The minimum atomic E-state index is 0.556. The van der Waals surface area contributed by atoms with Crippen LogP contribution in [0.15, 0.2) is 11.8 Å². The van der Waals surface area contributed by atoms with Gasteiger partial charge in [-0.3, -0.25) is 0 Å². The average Bonchev–Trinajstić information content (AvgIpc) is 2.60. The standard InChI is InChI=1S/C10H11ClN2S/c1-3-4-8(5-12)10(11)9-6-13-7(2)14-9/h6H,3-4H2,1-2H3/b10-8+. The van der Waals surface area contributed by atoms with E-state index in [-0.39, 0.29) is 0 Å². The van der Waals surface area contributed by atoms with E-state index in [0.29, 0.717) is 10.6 Å². The fourth-order valence-electron chi connectivity index (χ4n) is 1.08. The zero-order valence-corrected chi connectivity index (χ0v) is 9.74. The molecule has 0 unspecified atom stereocenters. The third-order valence-electron chi connectivity index (χ3n) is 1.74. The normalized spacial score (nSPS) is 12.1. The van der Waals surface area contributed by atoms with E-state index >= 15 is 0 Å². The number of nitriles is 1. The number of thiazole rings is 1. The van der Waals surface area contributed by atoms with E-state index in [1.54, 1.807) is 6.20 Å². The zero-order valence-electron chi connectivity index (χ0n) is 8.17. The van der Waals surface area contributed by atoms with Crippen molar-refractivity contribution in [2.75, 3.05) is 0 Å². The van der Waals surface area contributed by atoms with Crippen LogP contribution < -0.4 is 0 Å². The van der Waals surface area contributed by atoms with Gasteiger partial charge in [0.1, 0.15) is 0 Å². The van der Waals surface area contributed by atoms with Crippen LogP contribution >= 0.6 is 22.9 Å². The second-order valence-corrected chi connectivity index (χ2v) is 4.51. The SMILES string of the molecule is CCC/C(C#N)=C(\Cl)c1cnc(C)s1. The summed E-state index contributed by atoms with van der Waals surface area (Å²) in [6.07, 6.45) is 3.37. The zero-order chi connectivity index (χ0) is 10.6. The molecule has 0 spiro atoms. The van der Waals surface area contributed by atoms with Gasteiger partial charge in [-0.05, 0) is 13.3 Å². The molecule has 0 aliphatic heterocycles. The second kappa shape index (κ2) is 5.14. The fraction of sp³-hybridized carbons (Fsp3) is 0.400. The lowest BCUT2D eigenvalue weighted by Crippen LogP contribution is -1.81. The number of nitrogens with zero attached hydrogens (tertiary/aromatic N) is 2. The maximum Gasteiger partial charge on any atom is 0.0963 e. The molecule has 74 valence electrons. The Bertz CT molecular complexity index is 387. The molecule has 0 saturated heterocycles. The molecule has 1 heterocycles. The van der Waals surface area contributed by atoms with Crippen LogP contribution in [0.5, 0.6) is 0 Å². The Morgan fingerprint density at radius 1 is 1.71 bits per heavy atom. The van der Waals surface area contributed by atoms with Crippen LogP contribution in [0.4, 0.5) is 0 Å². The number of halogens is 1. The largest absolute Gasteiger partial charge is 0.249 e. The quantitative estimate of drug-likeness (QED) is 0.737. The molecule has 1 aromatic rings. The first-order valence-corrected chi connectivity index (χ1v) is 5.60. The molecule has 0 bridgehead atoms. The summed E-state index contributed by atoms with van der Waals surface area (Å²) in [7, 11) is 0. The fourth-order valence-corrected chi connectivity index (χ4v) is 2.12. The van der Waals surface area contributed by atoms with Crippen LogP contribution in [0, 0.1) is 18.3 Å². The lowest BCUT2D eigenvalue weighted by molar-refractivity contribution is 0.933. The van der Waals surface area contributed by atoms with Crippen LogP contribution in [0.3, 0.4) is 0 Å². The molecule has 0 fully saturated rings. The molecular formula is C10H11ClN2S. The molecule has 1 aromatic heterocycles. The highest BCUT2D eigenvalue weighted by molar-refractivity contribution is 7.13. The van der Waals surface area contributed by atoms with Crippen LogP contribution in [0.2, 0.25) is 0 Å². The average molecular weight is 227 g/mol. The van der Waals surface area contributed by atoms with Crippen molar-refractivity contribution in [1.82, 2.24) is 4.98 Å². The number of hydrogen-bond acceptors (Lipinski definition) is 3. The summed E-state index contributed by atoms with van der Waals surface area (Å²) in [6, 6.07) is 2.14. The molecule has 0 atom stereocenters. The molecule has 4 heteroatoms. The van der Waals surface area contributed by atoms with Gasteiger partial charge in [-0.15, -0.1) is 11.3 Å². The Morgan fingerprint density at radius 3 is 2.86 bits per heavy atom. The summed E-state index contributed by atoms with van der Waals surface area (Å²) >= 11 is 7.61. The van der Waals surface area contributed by atoms with Crippen molar-refractivity contribution in [3.63, 3.8) is 0 Å². The van der Waals surface area contributed by atoms with Crippen LogP contribution in [0.25, 0.3) is 5.03 Å². The van der Waals surface area contributed by atoms with Crippen molar-refractivity contribution in [3.8, 4) is 6.07 Å². The number of allylic oxidation sites excluding steroid dienone is 1. The highest BCUT2D eigenvalue weighted by Crippen LogP contribution is 2.29. The van der Waals surface area contributed by atoms with E-state index in [1.807, 2.05) is 13.8 Å².